The minimum absolute atomic E-state index is 0.192. The zero-order valence-corrected chi connectivity index (χ0v) is 10.9. The van der Waals surface area contributed by atoms with Crippen molar-refractivity contribution in [2.75, 3.05) is 6.54 Å². The lowest BCUT2D eigenvalue weighted by atomic mass is 10.0. The van der Waals surface area contributed by atoms with Crippen LogP contribution in [0.5, 0.6) is 0 Å². The van der Waals surface area contributed by atoms with Crippen molar-refractivity contribution in [3.63, 3.8) is 0 Å². The summed E-state index contributed by atoms with van der Waals surface area (Å²) in [6, 6.07) is 10.9. The number of nitrogens with one attached hydrogen (secondary N) is 1. The SMILES string of the molecule is CCCCNC(C)=C(C#N)C(=O)c1ccccc1. The molecule has 1 rings (SSSR count). The molecule has 1 aromatic carbocycles. The highest BCUT2D eigenvalue weighted by atomic mass is 16.1. The van der Waals surface area contributed by atoms with E-state index in [-0.39, 0.29) is 11.4 Å². The summed E-state index contributed by atoms with van der Waals surface area (Å²) in [5.74, 6) is -0.223. The van der Waals surface area contributed by atoms with Gasteiger partial charge in [0, 0.05) is 17.8 Å². The maximum absolute atomic E-state index is 12.1. The zero-order chi connectivity index (χ0) is 13.4. The highest BCUT2D eigenvalue weighted by Gasteiger charge is 2.14. The second-order valence-corrected chi connectivity index (χ2v) is 4.09. The Labute approximate surface area is 108 Å². The lowest BCUT2D eigenvalue weighted by molar-refractivity contribution is 0.103. The molecule has 0 atom stereocenters. The molecule has 0 aliphatic carbocycles. The van der Waals surface area contributed by atoms with Crippen LogP contribution in [0.15, 0.2) is 41.6 Å². The van der Waals surface area contributed by atoms with Crippen molar-refractivity contribution in [1.29, 1.82) is 5.26 Å². The van der Waals surface area contributed by atoms with Crippen molar-refractivity contribution in [1.82, 2.24) is 5.32 Å². The summed E-state index contributed by atoms with van der Waals surface area (Å²) in [5, 5.41) is 12.2. The number of rotatable bonds is 6. The van der Waals surface area contributed by atoms with Crippen LogP contribution in [0, 0.1) is 11.3 Å². The number of carbonyl (C=O) groups excluding carboxylic acids is 1. The smallest absolute Gasteiger partial charge is 0.205 e. The van der Waals surface area contributed by atoms with Crippen LogP contribution in [0.3, 0.4) is 0 Å². The number of Topliss-reactive ketones (excluding diaryl/α,β-unsaturated/α-hetero) is 1. The van der Waals surface area contributed by atoms with Crippen LogP contribution >= 0.6 is 0 Å². The van der Waals surface area contributed by atoms with Gasteiger partial charge in [0.25, 0.3) is 0 Å². The molecule has 1 N–H and O–H groups in total. The first-order valence-corrected chi connectivity index (χ1v) is 6.15. The first kappa shape index (κ1) is 14.0. The number of nitrogens with zero attached hydrogens (tertiary/aromatic N) is 1. The van der Waals surface area contributed by atoms with E-state index in [0.29, 0.717) is 11.3 Å². The average molecular weight is 242 g/mol. The number of hydrogen-bond donors (Lipinski definition) is 1. The third-order valence-electron chi connectivity index (χ3n) is 2.67. The van der Waals surface area contributed by atoms with Gasteiger partial charge in [-0.15, -0.1) is 0 Å². The van der Waals surface area contributed by atoms with E-state index in [1.807, 2.05) is 12.1 Å². The molecule has 0 heterocycles. The Hall–Kier alpha value is -2.08. The highest BCUT2D eigenvalue weighted by molar-refractivity contribution is 6.11. The van der Waals surface area contributed by atoms with Crippen LogP contribution in [-0.4, -0.2) is 12.3 Å². The third-order valence-corrected chi connectivity index (χ3v) is 2.67. The fourth-order valence-corrected chi connectivity index (χ4v) is 1.58. The standard InChI is InChI=1S/C15H18N2O/c1-3-4-10-17-12(2)14(11-16)15(18)13-8-6-5-7-9-13/h5-9,17H,3-4,10H2,1-2H3. The fraction of sp³-hybridized carbons (Fsp3) is 0.333. The van der Waals surface area contributed by atoms with Gasteiger partial charge in [0.15, 0.2) is 0 Å². The number of nitriles is 1. The highest BCUT2D eigenvalue weighted by Crippen LogP contribution is 2.10. The number of carbonyl (C=O) groups is 1. The van der Waals surface area contributed by atoms with Crippen molar-refractivity contribution >= 4 is 5.78 Å². The molecule has 0 unspecified atom stereocenters. The Kier molecular flexibility index (Phi) is 5.66. The van der Waals surface area contributed by atoms with Crippen LogP contribution in [0.4, 0.5) is 0 Å². The van der Waals surface area contributed by atoms with Crippen molar-refractivity contribution in [2.45, 2.75) is 26.7 Å². The molecule has 0 bridgehead atoms. The first-order chi connectivity index (χ1) is 8.70. The van der Waals surface area contributed by atoms with Gasteiger partial charge < -0.3 is 5.32 Å². The van der Waals surface area contributed by atoms with E-state index in [1.54, 1.807) is 31.2 Å². The van der Waals surface area contributed by atoms with Gasteiger partial charge in [0.2, 0.25) is 5.78 Å². The molecule has 0 aliphatic rings. The monoisotopic (exact) mass is 242 g/mol. The summed E-state index contributed by atoms with van der Waals surface area (Å²) in [6.07, 6.45) is 2.10. The second-order valence-electron chi connectivity index (χ2n) is 4.09. The molecule has 0 amide bonds. The van der Waals surface area contributed by atoms with Gasteiger partial charge >= 0.3 is 0 Å². The van der Waals surface area contributed by atoms with Gasteiger partial charge in [0.05, 0.1) is 0 Å². The Bertz CT molecular complexity index is 469. The Balaban J connectivity index is 2.86. The number of benzene rings is 1. The molecule has 0 aliphatic heterocycles. The van der Waals surface area contributed by atoms with Crippen molar-refractivity contribution in [2.24, 2.45) is 0 Å². The Morgan fingerprint density at radius 1 is 1.33 bits per heavy atom. The summed E-state index contributed by atoms with van der Waals surface area (Å²) < 4.78 is 0. The van der Waals surface area contributed by atoms with E-state index < -0.39 is 0 Å². The van der Waals surface area contributed by atoms with E-state index in [9.17, 15) is 4.79 Å². The summed E-state index contributed by atoms with van der Waals surface area (Å²) in [5.41, 5.74) is 1.39. The summed E-state index contributed by atoms with van der Waals surface area (Å²) in [6.45, 7) is 4.66. The third kappa shape index (κ3) is 3.74. The summed E-state index contributed by atoms with van der Waals surface area (Å²) >= 11 is 0. The van der Waals surface area contributed by atoms with Crippen molar-refractivity contribution in [3.8, 4) is 6.07 Å². The largest absolute Gasteiger partial charge is 0.387 e. The summed E-state index contributed by atoms with van der Waals surface area (Å²) in [4.78, 5) is 12.1. The van der Waals surface area contributed by atoms with Crippen LogP contribution in [0.2, 0.25) is 0 Å². The van der Waals surface area contributed by atoms with Crippen molar-refractivity contribution in [3.05, 3.63) is 47.2 Å². The maximum Gasteiger partial charge on any atom is 0.205 e. The van der Waals surface area contributed by atoms with E-state index in [2.05, 4.69) is 12.2 Å². The number of allylic oxidation sites excluding steroid dienone is 2. The normalized spacial score (nSPS) is 11.4. The molecule has 1 aromatic rings. The topological polar surface area (TPSA) is 52.9 Å². The second kappa shape index (κ2) is 7.29. The maximum atomic E-state index is 12.1. The van der Waals surface area contributed by atoms with Crippen LogP contribution in [-0.2, 0) is 0 Å². The van der Waals surface area contributed by atoms with Gasteiger partial charge in [-0.25, -0.2) is 0 Å². The minimum atomic E-state index is -0.223. The Morgan fingerprint density at radius 2 is 2.00 bits per heavy atom. The fourth-order valence-electron chi connectivity index (χ4n) is 1.58. The number of hydrogen-bond acceptors (Lipinski definition) is 3. The predicted octanol–water partition coefficient (Wildman–Crippen LogP) is 3.06. The average Bonchev–Trinajstić information content (AvgIpc) is 2.41. The van der Waals surface area contributed by atoms with Gasteiger partial charge in [0.1, 0.15) is 11.6 Å². The molecule has 0 fully saturated rings. The van der Waals surface area contributed by atoms with E-state index in [1.165, 1.54) is 0 Å². The molecule has 0 saturated carbocycles. The van der Waals surface area contributed by atoms with E-state index in [0.717, 1.165) is 19.4 Å². The molecular formula is C15H18N2O. The lowest BCUT2D eigenvalue weighted by Crippen LogP contribution is -2.17. The van der Waals surface area contributed by atoms with E-state index >= 15 is 0 Å². The van der Waals surface area contributed by atoms with Crippen LogP contribution in [0.1, 0.15) is 37.0 Å². The molecule has 3 heteroatoms. The molecule has 94 valence electrons. The van der Waals surface area contributed by atoms with Crippen LogP contribution < -0.4 is 5.32 Å². The van der Waals surface area contributed by atoms with Gasteiger partial charge in [-0.05, 0) is 13.3 Å². The molecule has 18 heavy (non-hydrogen) atoms. The zero-order valence-electron chi connectivity index (χ0n) is 10.9. The number of ketones is 1. The quantitative estimate of drug-likeness (QED) is 0.361. The van der Waals surface area contributed by atoms with Crippen molar-refractivity contribution < 1.29 is 4.79 Å². The lowest BCUT2D eigenvalue weighted by Gasteiger charge is -2.08. The molecule has 0 saturated heterocycles. The molecule has 0 aromatic heterocycles. The molecule has 0 spiro atoms. The van der Waals surface area contributed by atoms with Gasteiger partial charge in [-0.2, -0.15) is 5.26 Å². The number of unbranched alkanes of at least 4 members (excludes halogenated alkanes) is 1. The van der Waals surface area contributed by atoms with Gasteiger partial charge in [-0.1, -0.05) is 43.7 Å². The van der Waals surface area contributed by atoms with Crippen LogP contribution in [0.25, 0.3) is 0 Å². The molecular weight excluding hydrogens is 224 g/mol. The van der Waals surface area contributed by atoms with Gasteiger partial charge in [-0.3, -0.25) is 4.79 Å². The predicted molar refractivity (Wildman–Crippen MR) is 72.0 cm³/mol. The Morgan fingerprint density at radius 3 is 2.56 bits per heavy atom. The first-order valence-electron chi connectivity index (χ1n) is 6.15. The van der Waals surface area contributed by atoms with E-state index in [4.69, 9.17) is 5.26 Å². The molecule has 3 nitrogen and oxygen atoms in total. The molecule has 0 radical (unpaired) electrons. The minimum Gasteiger partial charge on any atom is -0.387 e. The summed E-state index contributed by atoms with van der Waals surface area (Å²) in [7, 11) is 0.